The summed E-state index contributed by atoms with van der Waals surface area (Å²) in [4.78, 5) is 39.3. The molecule has 0 radical (unpaired) electrons. The molecule has 7 nitrogen and oxygen atoms in total. The first-order valence-electron chi connectivity index (χ1n) is 12.2. The van der Waals surface area contributed by atoms with Crippen molar-refractivity contribution in [1.82, 2.24) is 9.78 Å². The number of rotatable bonds is 8. The van der Waals surface area contributed by atoms with Gasteiger partial charge in [0.15, 0.2) is 5.69 Å². The van der Waals surface area contributed by atoms with Gasteiger partial charge in [0.25, 0.3) is 5.56 Å². The van der Waals surface area contributed by atoms with Crippen LogP contribution in [-0.2, 0) is 9.53 Å². The first-order chi connectivity index (χ1) is 16.9. The number of esters is 1. The Hall–Kier alpha value is -2.71. The second kappa shape index (κ2) is 11.4. The van der Waals surface area contributed by atoms with Gasteiger partial charge in [-0.1, -0.05) is 37.8 Å². The molecule has 2 aromatic heterocycles. The Bertz CT molecular complexity index is 1260. The number of anilines is 1. The number of carbonyl (C=O) groups excluding carboxylic acids is 2. The van der Waals surface area contributed by atoms with Crippen molar-refractivity contribution in [3.8, 4) is 5.69 Å². The number of nitrogens with one attached hydrogen (secondary N) is 1. The molecule has 0 bridgehead atoms. The zero-order valence-electron chi connectivity index (χ0n) is 20.0. The molecule has 0 aliphatic heterocycles. The van der Waals surface area contributed by atoms with E-state index < -0.39 is 11.5 Å². The fourth-order valence-electron chi connectivity index (χ4n) is 4.67. The second-order valence-electron chi connectivity index (χ2n) is 8.97. The molecular formula is C26H30ClN3O4S. The molecule has 1 fully saturated rings. The van der Waals surface area contributed by atoms with E-state index in [9.17, 15) is 14.4 Å². The third kappa shape index (κ3) is 5.59. The van der Waals surface area contributed by atoms with Gasteiger partial charge in [0, 0.05) is 21.7 Å². The average molecular weight is 516 g/mol. The quantitative estimate of drug-likeness (QED) is 0.360. The molecule has 2 heterocycles. The van der Waals surface area contributed by atoms with E-state index in [0.717, 1.165) is 30.4 Å². The Labute approximate surface area is 213 Å². The van der Waals surface area contributed by atoms with Crippen LogP contribution in [0, 0.1) is 11.8 Å². The van der Waals surface area contributed by atoms with Gasteiger partial charge in [-0.15, -0.1) is 11.3 Å². The summed E-state index contributed by atoms with van der Waals surface area (Å²) in [6.45, 7) is 4.09. The Balaban J connectivity index is 1.66. The highest BCUT2D eigenvalue weighted by molar-refractivity contribution is 7.16. The van der Waals surface area contributed by atoms with Crippen molar-refractivity contribution < 1.29 is 14.3 Å². The zero-order valence-corrected chi connectivity index (χ0v) is 21.6. The standard InChI is InChI=1S/C26H30ClN3O4S/c1-3-5-6-16-7-9-17(10-8-16)23(31)28-24-21-20(15-35-24)22(26(33)34-4-2)29-30(25(21)32)19-13-11-18(27)12-14-19/h11-17H,3-10H2,1-2H3,(H,28,31). The summed E-state index contributed by atoms with van der Waals surface area (Å²) in [5, 5.41) is 10.6. The van der Waals surface area contributed by atoms with Crippen LogP contribution in [0.25, 0.3) is 16.5 Å². The molecule has 0 saturated heterocycles. The maximum Gasteiger partial charge on any atom is 0.359 e. The number of hydrogen-bond donors (Lipinski definition) is 1. The van der Waals surface area contributed by atoms with Crippen LogP contribution in [0.3, 0.4) is 0 Å². The van der Waals surface area contributed by atoms with Gasteiger partial charge in [0.1, 0.15) is 5.00 Å². The Morgan fingerprint density at radius 3 is 2.54 bits per heavy atom. The largest absolute Gasteiger partial charge is 0.461 e. The van der Waals surface area contributed by atoms with E-state index in [4.69, 9.17) is 16.3 Å². The molecule has 1 aliphatic carbocycles. The lowest BCUT2D eigenvalue weighted by molar-refractivity contribution is -0.121. The number of thiophene rings is 1. The number of aromatic nitrogens is 2. The minimum absolute atomic E-state index is 0.0320. The molecule has 1 aliphatic rings. The van der Waals surface area contributed by atoms with E-state index >= 15 is 0 Å². The highest BCUT2D eigenvalue weighted by Gasteiger charge is 2.28. The molecule has 0 atom stereocenters. The van der Waals surface area contributed by atoms with Crippen molar-refractivity contribution >= 4 is 50.6 Å². The second-order valence-corrected chi connectivity index (χ2v) is 10.3. The van der Waals surface area contributed by atoms with Crippen LogP contribution in [0.1, 0.15) is 69.3 Å². The van der Waals surface area contributed by atoms with E-state index in [1.54, 1.807) is 36.6 Å². The Kier molecular flexibility index (Phi) is 8.23. The number of hydrogen-bond acceptors (Lipinski definition) is 6. The topological polar surface area (TPSA) is 90.3 Å². The van der Waals surface area contributed by atoms with Crippen molar-refractivity contribution in [3.63, 3.8) is 0 Å². The van der Waals surface area contributed by atoms with Crippen LogP contribution in [0.2, 0.25) is 5.02 Å². The third-order valence-electron chi connectivity index (χ3n) is 6.61. The number of fused-ring (bicyclic) bond motifs is 1. The fourth-order valence-corrected chi connectivity index (χ4v) is 5.74. The predicted octanol–water partition coefficient (Wildman–Crippen LogP) is 6.21. The fraction of sp³-hybridized carbons (Fsp3) is 0.462. The van der Waals surface area contributed by atoms with E-state index in [-0.39, 0.29) is 29.5 Å². The molecule has 186 valence electrons. The van der Waals surface area contributed by atoms with Crippen LogP contribution in [0.4, 0.5) is 5.00 Å². The molecular weight excluding hydrogens is 486 g/mol. The van der Waals surface area contributed by atoms with Crippen LogP contribution in [-0.4, -0.2) is 28.3 Å². The number of carbonyl (C=O) groups is 2. The SMILES string of the molecule is CCCCC1CCC(C(=O)Nc2scc3c(C(=O)OCC)nn(-c4ccc(Cl)cc4)c(=O)c23)CC1. The van der Waals surface area contributed by atoms with Crippen LogP contribution >= 0.6 is 22.9 Å². The van der Waals surface area contributed by atoms with Crippen molar-refractivity contribution in [1.29, 1.82) is 0 Å². The minimum atomic E-state index is -0.624. The van der Waals surface area contributed by atoms with Crippen molar-refractivity contribution in [2.24, 2.45) is 11.8 Å². The first kappa shape index (κ1) is 25.4. The van der Waals surface area contributed by atoms with E-state index in [0.29, 0.717) is 27.0 Å². The minimum Gasteiger partial charge on any atom is -0.461 e. The van der Waals surface area contributed by atoms with Crippen LogP contribution < -0.4 is 10.9 Å². The molecule has 9 heteroatoms. The lowest BCUT2D eigenvalue weighted by Gasteiger charge is -2.27. The molecule has 1 aromatic carbocycles. The van der Waals surface area contributed by atoms with Crippen LogP contribution in [0.15, 0.2) is 34.4 Å². The molecule has 35 heavy (non-hydrogen) atoms. The van der Waals surface area contributed by atoms with Gasteiger partial charge in [-0.25, -0.2) is 4.79 Å². The third-order valence-corrected chi connectivity index (χ3v) is 7.76. The van der Waals surface area contributed by atoms with E-state index in [1.807, 2.05) is 0 Å². The number of unbranched alkanes of at least 4 members (excludes halogenated alkanes) is 1. The maximum absolute atomic E-state index is 13.5. The molecule has 0 spiro atoms. The Morgan fingerprint density at radius 2 is 1.89 bits per heavy atom. The van der Waals surface area contributed by atoms with Gasteiger partial charge in [0.2, 0.25) is 5.91 Å². The van der Waals surface area contributed by atoms with Gasteiger partial charge in [0.05, 0.1) is 17.7 Å². The average Bonchev–Trinajstić information content (AvgIpc) is 3.28. The summed E-state index contributed by atoms with van der Waals surface area (Å²) < 4.78 is 6.35. The number of nitrogens with zero attached hydrogens (tertiary/aromatic N) is 2. The smallest absolute Gasteiger partial charge is 0.359 e. The maximum atomic E-state index is 13.5. The highest BCUT2D eigenvalue weighted by atomic mass is 35.5. The molecule has 0 unspecified atom stereocenters. The summed E-state index contributed by atoms with van der Waals surface area (Å²) in [6, 6.07) is 6.59. The van der Waals surface area contributed by atoms with Gasteiger partial charge in [-0.3, -0.25) is 9.59 Å². The summed E-state index contributed by atoms with van der Waals surface area (Å²) in [6.07, 6.45) is 7.49. The van der Waals surface area contributed by atoms with E-state index in [2.05, 4.69) is 17.3 Å². The van der Waals surface area contributed by atoms with Crippen LogP contribution in [0.5, 0.6) is 0 Å². The molecule has 1 amide bonds. The van der Waals surface area contributed by atoms with Gasteiger partial charge in [-0.2, -0.15) is 9.78 Å². The van der Waals surface area contributed by atoms with E-state index in [1.165, 1.54) is 30.6 Å². The van der Waals surface area contributed by atoms with Crippen molar-refractivity contribution in [3.05, 3.63) is 50.7 Å². The molecule has 1 N–H and O–H groups in total. The Morgan fingerprint density at radius 1 is 1.17 bits per heavy atom. The lowest BCUT2D eigenvalue weighted by atomic mass is 9.79. The zero-order chi connectivity index (χ0) is 24.9. The number of ether oxygens (including phenoxy) is 1. The van der Waals surface area contributed by atoms with Gasteiger partial charge in [-0.05, 0) is 62.8 Å². The summed E-state index contributed by atoms with van der Waals surface area (Å²) in [5.74, 6) is -0.0721. The van der Waals surface area contributed by atoms with Crippen molar-refractivity contribution in [2.75, 3.05) is 11.9 Å². The summed E-state index contributed by atoms with van der Waals surface area (Å²) in [7, 11) is 0. The van der Waals surface area contributed by atoms with Gasteiger partial charge >= 0.3 is 5.97 Å². The monoisotopic (exact) mass is 515 g/mol. The first-order valence-corrected chi connectivity index (χ1v) is 13.5. The number of benzene rings is 1. The summed E-state index contributed by atoms with van der Waals surface area (Å²) >= 11 is 7.22. The van der Waals surface area contributed by atoms with Gasteiger partial charge < -0.3 is 10.1 Å². The number of halogens is 1. The summed E-state index contributed by atoms with van der Waals surface area (Å²) in [5.41, 5.74) is 0.0699. The molecule has 1 saturated carbocycles. The number of amides is 1. The molecule has 4 rings (SSSR count). The molecule has 3 aromatic rings. The lowest BCUT2D eigenvalue weighted by Crippen LogP contribution is -2.28. The highest BCUT2D eigenvalue weighted by Crippen LogP contribution is 2.35. The normalized spacial score (nSPS) is 17.9. The van der Waals surface area contributed by atoms with Crippen molar-refractivity contribution in [2.45, 2.75) is 58.8 Å². The predicted molar refractivity (Wildman–Crippen MR) is 140 cm³/mol.